The zero-order valence-electron chi connectivity index (χ0n) is 17.9. The Hall–Kier alpha value is -1.36. The summed E-state index contributed by atoms with van der Waals surface area (Å²) in [7, 11) is 0. The molecule has 3 heterocycles. The van der Waals surface area contributed by atoms with Crippen LogP contribution >= 0.6 is 0 Å². The van der Waals surface area contributed by atoms with Crippen molar-refractivity contribution in [3.05, 3.63) is 18.0 Å². The van der Waals surface area contributed by atoms with E-state index in [0.717, 1.165) is 31.0 Å². The molecule has 0 bridgehead atoms. The first-order chi connectivity index (χ1) is 13.5. The summed E-state index contributed by atoms with van der Waals surface area (Å²) in [6.07, 6.45) is 16.0. The molecule has 1 spiro atoms. The van der Waals surface area contributed by atoms with Gasteiger partial charge in [0.1, 0.15) is 0 Å². The van der Waals surface area contributed by atoms with Crippen LogP contribution in [-0.4, -0.2) is 58.2 Å². The summed E-state index contributed by atoms with van der Waals surface area (Å²) >= 11 is 0. The summed E-state index contributed by atoms with van der Waals surface area (Å²) in [5.74, 6) is 1.13. The van der Waals surface area contributed by atoms with E-state index in [1.807, 2.05) is 10.9 Å². The average Bonchev–Trinajstić information content (AvgIpc) is 3.35. The van der Waals surface area contributed by atoms with E-state index in [2.05, 4.69) is 28.7 Å². The molecule has 28 heavy (non-hydrogen) atoms. The van der Waals surface area contributed by atoms with E-state index in [0.29, 0.717) is 11.5 Å². The molecule has 5 heteroatoms. The number of aromatic nitrogens is 2. The van der Waals surface area contributed by atoms with Crippen molar-refractivity contribution >= 4 is 5.91 Å². The summed E-state index contributed by atoms with van der Waals surface area (Å²) < 4.78 is 1.88. The molecule has 1 saturated carbocycles. The fraction of sp³-hybridized carbons (Fsp3) is 0.826. The zero-order chi connectivity index (χ0) is 19.6. The Kier molecular flexibility index (Phi) is 6.10. The van der Waals surface area contributed by atoms with Gasteiger partial charge >= 0.3 is 0 Å². The Morgan fingerprint density at radius 2 is 1.96 bits per heavy atom. The Morgan fingerprint density at radius 1 is 1.14 bits per heavy atom. The molecule has 1 atom stereocenters. The molecule has 3 fully saturated rings. The molecule has 1 aromatic rings. The molecule has 3 aliphatic rings. The van der Waals surface area contributed by atoms with Crippen LogP contribution in [-0.2, 0) is 0 Å². The maximum atomic E-state index is 13.0. The molecule has 1 amide bonds. The summed E-state index contributed by atoms with van der Waals surface area (Å²) in [5, 5.41) is 4.35. The second-order valence-corrected chi connectivity index (χ2v) is 9.95. The van der Waals surface area contributed by atoms with Crippen molar-refractivity contribution in [2.24, 2.45) is 11.3 Å². The van der Waals surface area contributed by atoms with Gasteiger partial charge in [0, 0.05) is 37.3 Å². The maximum absolute atomic E-state index is 13.0. The van der Waals surface area contributed by atoms with Gasteiger partial charge in [0.2, 0.25) is 0 Å². The molecule has 0 radical (unpaired) electrons. The lowest BCUT2D eigenvalue weighted by molar-refractivity contribution is 0.0674. The molecule has 2 saturated heterocycles. The fourth-order valence-electron chi connectivity index (χ4n) is 5.70. The van der Waals surface area contributed by atoms with E-state index in [1.165, 1.54) is 71.0 Å². The van der Waals surface area contributed by atoms with Gasteiger partial charge in [-0.25, -0.2) is 0 Å². The Labute approximate surface area is 170 Å². The van der Waals surface area contributed by atoms with Crippen molar-refractivity contribution in [2.45, 2.75) is 77.7 Å². The molecule has 0 unspecified atom stereocenters. The molecule has 0 N–H and O–H groups in total. The van der Waals surface area contributed by atoms with E-state index < -0.39 is 0 Å². The number of nitrogens with zero attached hydrogens (tertiary/aromatic N) is 4. The minimum absolute atomic E-state index is 0.170. The third-order valence-electron chi connectivity index (χ3n) is 7.42. The number of piperidine rings is 1. The van der Waals surface area contributed by atoms with Gasteiger partial charge in [-0.3, -0.25) is 9.48 Å². The molecule has 0 aromatic carbocycles. The SMILES string of the molecule is CC(C)n1cc(C(=O)N2CC[C@]3(CCCN(CCC4CCCCC4)C3)C2)cn1. The van der Waals surface area contributed by atoms with Gasteiger partial charge in [0.05, 0.1) is 11.8 Å². The van der Waals surface area contributed by atoms with Crippen LogP contribution in [0.25, 0.3) is 0 Å². The second-order valence-electron chi connectivity index (χ2n) is 9.95. The summed E-state index contributed by atoms with van der Waals surface area (Å²) in [6, 6.07) is 0.294. The number of hydrogen-bond donors (Lipinski definition) is 0. The van der Waals surface area contributed by atoms with E-state index in [4.69, 9.17) is 0 Å². The fourth-order valence-corrected chi connectivity index (χ4v) is 5.70. The average molecular weight is 387 g/mol. The predicted octanol–water partition coefficient (Wildman–Crippen LogP) is 4.36. The largest absolute Gasteiger partial charge is 0.338 e. The van der Waals surface area contributed by atoms with E-state index in [9.17, 15) is 4.79 Å². The zero-order valence-corrected chi connectivity index (χ0v) is 17.9. The lowest BCUT2D eigenvalue weighted by atomic mass is 9.79. The molecular formula is C23H38N4O. The Bertz CT molecular complexity index is 663. The monoisotopic (exact) mass is 386 g/mol. The molecule has 4 rings (SSSR count). The van der Waals surface area contributed by atoms with E-state index >= 15 is 0 Å². The highest BCUT2D eigenvalue weighted by molar-refractivity contribution is 5.94. The second kappa shape index (κ2) is 8.56. The van der Waals surface area contributed by atoms with E-state index in [-0.39, 0.29) is 5.91 Å². The van der Waals surface area contributed by atoms with Crippen LogP contribution in [0.15, 0.2) is 12.4 Å². The Balaban J connectivity index is 1.31. The van der Waals surface area contributed by atoms with Crippen LogP contribution in [0.3, 0.4) is 0 Å². The third-order valence-corrected chi connectivity index (χ3v) is 7.42. The van der Waals surface area contributed by atoms with Crippen LogP contribution in [0, 0.1) is 11.3 Å². The Morgan fingerprint density at radius 3 is 2.71 bits per heavy atom. The third kappa shape index (κ3) is 4.45. The predicted molar refractivity (Wildman–Crippen MR) is 112 cm³/mol. The number of carbonyl (C=O) groups is 1. The normalized spacial score (nSPS) is 27.2. The number of amides is 1. The topological polar surface area (TPSA) is 41.4 Å². The van der Waals surface area contributed by atoms with Gasteiger partial charge in [-0.05, 0) is 58.5 Å². The van der Waals surface area contributed by atoms with E-state index in [1.54, 1.807) is 6.20 Å². The van der Waals surface area contributed by atoms with Crippen molar-refractivity contribution in [1.29, 1.82) is 0 Å². The lowest BCUT2D eigenvalue weighted by Crippen LogP contribution is -2.45. The molecule has 1 aliphatic carbocycles. The van der Waals surface area contributed by atoms with Crippen molar-refractivity contribution in [1.82, 2.24) is 19.6 Å². The van der Waals surface area contributed by atoms with Gasteiger partial charge in [0.15, 0.2) is 0 Å². The van der Waals surface area contributed by atoms with Crippen LogP contribution in [0.4, 0.5) is 0 Å². The highest BCUT2D eigenvalue weighted by Crippen LogP contribution is 2.40. The van der Waals surface area contributed by atoms with Gasteiger partial charge in [0.25, 0.3) is 5.91 Å². The summed E-state index contributed by atoms with van der Waals surface area (Å²) in [6.45, 7) is 9.73. The number of hydrogen-bond acceptors (Lipinski definition) is 3. The van der Waals surface area contributed by atoms with Crippen molar-refractivity contribution in [3.63, 3.8) is 0 Å². The standard InChI is InChI=1S/C23H38N4O/c1-19(2)27-16-21(15-24-27)22(28)26-14-11-23(18-26)10-6-12-25(17-23)13-9-20-7-4-3-5-8-20/h15-16,19-20H,3-14,17-18H2,1-2H3/t23-/m0/s1. The molecule has 5 nitrogen and oxygen atoms in total. The summed E-state index contributed by atoms with van der Waals surface area (Å²) in [5.41, 5.74) is 1.07. The van der Waals surface area contributed by atoms with Crippen LogP contribution < -0.4 is 0 Å². The highest BCUT2D eigenvalue weighted by Gasteiger charge is 2.43. The van der Waals surface area contributed by atoms with Crippen LogP contribution in [0.2, 0.25) is 0 Å². The van der Waals surface area contributed by atoms with Gasteiger partial charge in [-0.1, -0.05) is 32.1 Å². The van der Waals surface area contributed by atoms with Crippen LogP contribution in [0.1, 0.15) is 88.0 Å². The molecule has 1 aromatic heterocycles. The maximum Gasteiger partial charge on any atom is 0.257 e. The molecule has 156 valence electrons. The summed E-state index contributed by atoms with van der Waals surface area (Å²) in [4.78, 5) is 17.8. The van der Waals surface area contributed by atoms with Gasteiger partial charge < -0.3 is 9.80 Å². The van der Waals surface area contributed by atoms with Crippen LogP contribution in [0.5, 0.6) is 0 Å². The highest BCUT2D eigenvalue weighted by atomic mass is 16.2. The minimum Gasteiger partial charge on any atom is -0.338 e. The quantitative estimate of drug-likeness (QED) is 0.755. The minimum atomic E-state index is 0.170. The number of carbonyl (C=O) groups excluding carboxylic acids is 1. The smallest absolute Gasteiger partial charge is 0.257 e. The van der Waals surface area contributed by atoms with Crippen molar-refractivity contribution < 1.29 is 4.79 Å². The first kappa shape index (κ1) is 19.9. The van der Waals surface area contributed by atoms with Gasteiger partial charge in [-0.2, -0.15) is 5.10 Å². The number of rotatable bonds is 5. The van der Waals surface area contributed by atoms with Crippen molar-refractivity contribution in [3.8, 4) is 0 Å². The first-order valence-electron chi connectivity index (χ1n) is 11.6. The van der Waals surface area contributed by atoms with Crippen molar-refractivity contribution in [2.75, 3.05) is 32.7 Å². The number of likely N-dealkylation sites (tertiary alicyclic amines) is 2. The van der Waals surface area contributed by atoms with Gasteiger partial charge in [-0.15, -0.1) is 0 Å². The first-order valence-corrected chi connectivity index (χ1v) is 11.6. The molecular weight excluding hydrogens is 348 g/mol. The molecule has 2 aliphatic heterocycles. The lowest BCUT2D eigenvalue weighted by Gasteiger charge is -2.41.